The van der Waals surface area contributed by atoms with Crippen LogP contribution in [0.4, 0.5) is 0 Å². The number of hydrogen-bond donors (Lipinski definition) is 0. The van der Waals surface area contributed by atoms with E-state index in [9.17, 15) is 0 Å². The van der Waals surface area contributed by atoms with Gasteiger partial charge in [-0.3, -0.25) is 4.98 Å². The molecule has 0 saturated carbocycles. The van der Waals surface area contributed by atoms with Gasteiger partial charge in [-0.25, -0.2) is 9.97 Å². The van der Waals surface area contributed by atoms with Crippen LogP contribution in [0.1, 0.15) is 0 Å². The lowest BCUT2D eigenvalue weighted by molar-refractivity contribution is 0.489. The van der Waals surface area contributed by atoms with E-state index in [0.717, 1.165) is 32.6 Å². The molecule has 0 bridgehead atoms. The van der Waals surface area contributed by atoms with Gasteiger partial charge in [0, 0.05) is 29.4 Å². The fourth-order valence-electron chi connectivity index (χ4n) is 2.92. The normalized spacial score (nSPS) is 11.1. The molecule has 5 rings (SSSR count). The second kappa shape index (κ2) is 6.20. The van der Waals surface area contributed by atoms with E-state index in [2.05, 4.69) is 9.97 Å². The molecule has 0 atom stereocenters. The summed E-state index contributed by atoms with van der Waals surface area (Å²) in [7, 11) is 0. The number of ether oxygens (including phenoxy) is 1. The lowest BCUT2D eigenvalue weighted by Crippen LogP contribution is -1.94. The zero-order chi connectivity index (χ0) is 17.3. The third-order valence-corrected chi connectivity index (χ3v) is 5.05. The molecule has 0 aliphatic heterocycles. The van der Waals surface area contributed by atoms with Crippen LogP contribution < -0.4 is 4.74 Å². The third kappa shape index (κ3) is 2.59. The molecule has 4 aromatic heterocycles. The molecule has 0 aliphatic carbocycles. The second-order valence-electron chi connectivity index (χ2n) is 5.80. The zero-order valence-corrected chi connectivity index (χ0v) is 14.5. The Bertz CT molecular complexity index is 1220. The lowest BCUT2D eigenvalue weighted by Gasteiger charge is -2.12. The van der Waals surface area contributed by atoms with E-state index in [-0.39, 0.29) is 0 Å². The monoisotopic (exact) mass is 355 g/mol. The van der Waals surface area contributed by atoms with Gasteiger partial charge in [0.25, 0.3) is 0 Å². The van der Waals surface area contributed by atoms with Gasteiger partial charge >= 0.3 is 0 Å². The summed E-state index contributed by atoms with van der Waals surface area (Å²) >= 11 is 1.62. The molecule has 4 nitrogen and oxygen atoms in total. The quantitative estimate of drug-likeness (QED) is 0.416. The lowest BCUT2D eigenvalue weighted by atomic mass is 10.1. The summed E-state index contributed by atoms with van der Waals surface area (Å²) in [6, 6.07) is 19.8. The van der Waals surface area contributed by atoms with Gasteiger partial charge in [0.15, 0.2) is 11.4 Å². The Morgan fingerprint density at radius 3 is 2.65 bits per heavy atom. The van der Waals surface area contributed by atoms with E-state index in [1.807, 2.05) is 66.0 Å². The molecule has 0 aliphatic rings. The van der Waals surface area contributed by atoms with Crippen LogP contribution in [0, 0.1) is 0 Å². The van der Waals surface area contributed by atoms with E-state index < -0.39 is 0 Å². The van der Waals surface area contributed by atoms with E-state index in [1.165, 1.54) is 0 Å². The first-order valence-electron chi connectivity index (χ1n) is 8.20. The van der Waals surface area contributed by atoms with Crippen LogP contribution in [-0.4, -0.2) is 15.0 Å². The molecule has 0 unspecified atom stereocenters. The van der Waals surface area contributed by atoms with E-state index in [1.54, 1.807) is 23.7 Å². The number of nitrogens with zero attached hydrogens (tertiary/aromatic N) is 3. The average molecular weight is 355 g/mol. The van der Waals surface area contributed by atoms with Crippen LogP contribution in [0.15, 0.2) is 78.4 Å². The molecule has 5 heteroatoms. The molecule has 0 N–H and O–H groups in total. The van der Waals surface area contributed by atoms with Crippen LogP contribution in [0.5, 0.6) is 11.5 Å². The highest BCUT2D eigenvalue weighted by Gasteiger charge is 2.14. The molecule has 0 saturated heterocycles. The van der Waals surface area contributed by atoms with Crippen molar-refractivity contribution >= 4 is 32.6 Å². The van der Waals surface area contributed by atoms with Crippen molar-refractivity contribution in [2.45, 2.75) is 0 Å². The van der Waals surface area contributed by atoms with Crippen molar-refractivity contribution in [3.63, 3.8) is 0 Å². The van der Waals surface area contributed by atoms with Gasteiger partial charge in [0.2, 0.25) is 0 Å². The molecule has 0 fully saturated rings. The summed E-state index contributed by atoms with van der Waals surface area (Å²) < 4.78 is 7.35. The van der Waals surface area contributed by atoms with Gasteiger partial charge < -0.3 is 4.74 Å². The maximum absolute atomic E-state index is 6.32. The van der Waals surface area contributed by atoms with Crippen LogP contribution in [0.25, 0.3) is 32.5 Å². The third-order valence-electron chi connectivity index (χ3n) is 4.13. The van der Waals surface area contributed by atoms with Gasteiger partial charge in [-0.15, -0.1) is 11.3 Å². The molecule has 1 aromatic carbocycles. The Morgan fingerprint density at radius 1 is 0.808 bits per heavy atom. The number of benzene rings is 1. The SMILES string of the molecule is c1ccc(-c2nc3ncccc3cc2Oc2ccnc3ccsc23)cc1. The first-order valence-corrected chi connectivity index (χ1v) is 9.08. The molecule has 26 heavy (non-hydrogen) atoms. The number of pyridine rings is 3. The predicted octanol–water partition coefficient (Wildman–Crippen LogP) is 5.70. The van der Waals surface area contributed by atoms with E-state index in [4.69, 9.17) is 9.72 Å². The highest BCUT2D eigenvalue weighted by Crippen LogP contribution is 2.37. The standard InChI is InChI=1S/C21H13N3OS/c1-2-5-14(6-3-1)19-18(13-15-7-4-10-23-21(15)24-19)25-17-8-11-22-16-9-12-26-20(16)17/h1-13H. The van der Waals surface area contributed by atoms with Crippen molar-refractivity contribution < 1.29 is 4.74 Å². The summed E-state index contributed by atoms with van der Waals surface area (Å²) in [5, 5.41) is 2.96. The molecular formula is C21H13N3OS. The molecule has 4 heterocycles. The largest absolute Gasteiger partial charge is 0.453 e. The second-order valence-corrected chi connectivity index (χ2v) is 6.71. The molecular weight excluding hydrogens is 342 g/mol. The Kier molecular flexibility index (Phi) is 3.57. The fourth-order valence-corrected chi connectivity index (χ4v) is 3.72. The van der Waals surface area contributed by atoms with Gasteiger partial charge in [0.1, 0.15) is 11.4 Å². The maximum atomic E-state index is 6.32. The minimum atomic E-state index is 0.703. The number of rotatable bonds is 3. The first-order chi connectivity index (χ1) is 12.9. The van der Waals surface area contributed by atoms with Crippen molar-refractivity contribution in [3.05, 3.63) is 78.4 Å². The highest BCUT2D eigenvalue weighted by molar-refractivity contribution is 7.17. The minimum Gasteiger partial charge on any atom is -0.453 e. The van der Waals surface area contributed by atoms with Crippen molar-refractivity contribution in [2.24, 2.45) is 0 Å². The summed E-state index contributed by atoms with van der Waals surface area (Å²) in [5.41, 5.74) is 3.41. The molecule has 0 amide bonds. The smallest absolute Gasteiger partial charge is 0.160 e. The van der Waals surface area contributed by atoms with Crippen LogP contribution in [0.3, 0.4) is 0 Å². The predicted molar refractivity (Wildman–Crippen MR) is 105 cm³/mol. The number of hydrogen-bond acceptors (Lipinski definition) is 5. The summed E-state index contributed by atoms with van der Waals surface area (Å²) in [6.45, 7) is 0. The number of aromatic nitrogens is 3. The fraction of sp³-hybridized carbons (Fsp3) is 0. The van der Waals surface area contributed by atoms with Crippen molar-refractivity contribution in [1.82, 2.24) is 15.0 Å². The summed E-state index contributed by atoms with van der Waals surface area (Å²) in [5.74, 6) is 1.49. The van der Waals surface area contributed by atoms with Gasteiger partial charge in [-0.1, -0.05) is 30.3 Å². The first kappa shape index (κ1) is 15.0. The zero-order valence-electron chi connectivity index (χ0n) is 13.7. The van der Waals surface area contributed by atoms with Gasteiger partial charge in [0.05, 0.1) is 10.2 Å². The van der Waals surface area contributed by atoms with Crippen molar-refractivity contribution in [2.75, 3.05) is 0 Å². The summed E-state index contributed by atoms with van der Waals surface area (Å²) in [6.07, 6.45) is 3.52. The molecule has 5 aromatic rings. The highest BCUT2D eigenvalue weighted by atomic mass is 32.1. The molecule has 0 spiro atoms. The Balaban J connectivity index is 1.71. The van der Waals surface area contributed by atoms with Crippen molar-refractivity contribution in [1.29, 1.82) is 0 Å². The Labute approximate surface area is 153 Å². The minimum absolute atomic E-state index is 0.703. The number of fused-ring (bicyclic) bond motifs is 2. The van der Waals surface area contributed by atoms with Gasteiger partial charge in [-0.05, 0) is 29.6 Å². The topological polar surface area (TPSA) is 47.9 Å². The summed E-state index contributed by atoms with van der Waals surface area (Å²) in [4.78, 5) is 13.5. The molecule has 124 valence electrons. The van der Waals surface area contributed by atoms with Gasteiger partial charge in [-0.2, -0.15) is 0 Å². The molecule has 0 radical (unpaired) electrons. The van der Waals surface area contributed by atoms with E-state index >= 15 is 0 Å². The van der Waals surface area contributed by atoms with E-state index in [0.29, 0.717) is 11.4 Å². The maximum Gasteiger partial charge on any atom is 0.160 e. The Hall–Kier alpha value is -3.31. The van der Waals surface area contributed by atoms with Crippen LogP contribution in [-0.2, 0) is 0 Å². The Morgan fingerprint density at radius 2 is 1.73 bits per heavy atom. The average Bonchev–Trinajstić information content (AvgIpc) is 3.18. The number of thiophene rings is 1. The van der Waals surface area contributed by atoms with Crippen molar-refractivity contribution in [3.8, 4) is 22.8 Å². The van der Waals surface area contributed by atoms with Crippen LogP contribution in [0.2, 0.25) is 0 Å². The van der Waals surface area contributed by atoms with Crippen LogP contribution >= 0.6 is 11.3 Å².